The maximum absolute atomic E-state index is 12.6. The molecule has 0 radical (unpaired) electrons. The molecule has 0 N–H and O–H groups in total. The second-order valence-corrected chi connectivity index (χ2v) is 5.95. The van der Waals surface area contributed by atoms with Gasteiger partial charge in [0.2, 0.25) is 0 Å². The van der Waals surface area contributed by atoms with Crippen LogP contribution in [0.25, 0.3) is 0 Å². The topological polar surface area (TPSA) is 54.0 Å². The van der Waals surface area contributed by atoms with Crippen molar-refractivity contribution in [3.05, 3.63) is 47.5 Å². The van der Waals surface area contributed by atoms with Crippen LogP contribution >= 0.6 is 0 Å². The Balaban J connectivity index is 2.03. The summed E-state index contributed by atoms with van der Waals surface area (Å²) in [5, 5.41) is 0. The van der Waals surface area contributed by atoms with Gasteiger partial charge in [-0.15, -0.1) is 0 Å². The van der Waals surface area contributed by atoms with E-state index >= 15 is 0 Å². The fraction of sp³-hybridized carbons (Fsp3) is 0.316. The van der Waals surface area contributed by atoms with Gasteiger partial charge in [0.1, 0.15) is 28.4 Å². The Morgan fingerprint density at radius 2 is 1.62 bits per heavy atom. The Labute approximate surface area is 141 Å². The first-order valence-electron chi connectivity index (χ1n) is 7.63. The van der Waals surface area contributed by atoms with E-state index in [2.05, 4.69) is 0 Å². The smallest absolute Gasteiger partial charge is 0.322 e. The predicted octanol–water partition coefficient (Wildman–Crippen LogP) is 3.13. The van der Waals surface area contributed by atoms with Crippen LogP contribution in [0, 0.1) is 0 Å². The van der Waals surface area contributed by atoms with E-state index in [0.29, 0.717) is 23.7 Å². The van der Waals surface area contributed by atoms with Crippen molar-refractivity contribution < 1.29 is 23.7 Å². The third-order valence-electron chi connectivity index (χ3n) is 4.42. The lowest BCUT2D eigenvalue weighted by Gasteiger charge is -2.22. The highest BCUT2D eigenvalue weighted by Crippen LogP contribution is 2.49. The highest BCUT2D eigenvalue weighted by atomic mass is 16.5. The molecule has 0 unspecified atom stereocenters. The Hall–Kier alpha value is -2.69. The fourth-order valence-corrected chi connectivity index (χ4v) is 3.10. The predicted molar refractivity (Wildman–Crippen MR) is 89.2 cm³/mol. The molecular formula is C19H20O5. The number of hydrogen-bond donors (Lipinski definition) is 0. The maximum Gasteiger partial charge on any atom is 0.322 e. The molecule has 5 nitrogen and oxygen atoms in total. The minimum atomic E-state index is -0.818. The number of esters is 1. The molecule has 1 atom stereocenters. The molecule has 24 heavy (non-hydrogen) atoms. The summed E-state index contributed by atoms with van der Waals surface area (Å²) in [7, 11) is 4.76. The first kappa shape index (κ1) is 16.2. The minimum absolute atomic E-state index is 0.292. The van der Waals surface area contributed by atoms with E-state index in [0.717, 1.165) is 16.9 Å². The molecule has 1 aliphatic heterocycles. The molecule has 5 heteroatoms. The van der Waals surface area contributed by atoms with Crippen LogP contribution in [0.15, 0.2) is 36.4 Å². The molecule has 0 aliphatic carbocycles. The standard InChI is InChI=1S/C19H20O5/c1-19(11-12-5-7-13(21-2)8-6-12)17-15(23-4)9-14(22-3)10-16(17)24-18(19)20/h5-10H,11H2,1-4H3/t19-/m0/s1. The SMILES string of the molecule is COc1ccc(C[C@]2(C)C(=O)Oc3cc(OC)cc(OC)c32)cc1. The summed E-state index contributed by atoms with van der Waals surface area (Å²) in [6.45, 7) is 1.88. The monoisotopic (exact) mass is 328 g/mol. The molecule has 1 heterocycles. The van der Waals surface area contributed by atoms with Crippen molar-refractivity contribution in [2.45, 2.75) is 18.8 Å². The summed E-state index contributed by atoms with van der Waals surface area (Å²) in [6, 6.07) is 11.1. The largest absolute Gasteiger partial charge is 0.497 e. The van der Waals surface area contributed by atoms with E-state index in [1.807, 2.05) is 31.2 Å². The van der Waals surface area contributed by atoms with Crippen molar-refractivity contribution in [3.63, 3.8) is 0 Å². The van der Waals surface area contributed by atoms with E-state index in [9.17, 15) is 4.79 Å². The van der Waals surface area contributed by atoms with Crippen molar-refractivity contribution in [3.8, 4) is 23.0 Å². The second kappa shape index (κ2) is 6.07. The van der Waals surface area contributed by atoms with Crippen LogP contribution in [-0.2, 0) is 16.6 Å². The van der Waals surface area contributed by atoms with Gasteiger partial charge in [-0.1, -0.05) is 12.1 Å². The van der Waals surface area contributed by atoms with Crippen molar-refractivity contribution in [1.29, 1.82) is 0 Å². The number of benzene rings is 2. The average molecular weight is 328 g/mol. The zero-order valence-electron chi connectivity index (χ0n) is 14.2. The number of rotatable bonds is 5. The molecule has 0 aromatic heterocycles. The van der Waals surface area contributed by atoms with Crippen LogP contribution in [0.1, 0.15) is 18.1 Å². The van der Waals surface area contributed by atoms with Crippen molar-refractivity contribution in [2.24, 2.45) is 0 Å². The van der Waals surface area contributed by atoms with E-state index in [1.54, 1.807) is 33.5 Å². The van der Waals surface area contributed by atoms with Crippen LogP contribution in [0.2, 0.25) is 0 Å². The Bertz CT molecular complexity index is 766. The van der Waals surface area contributed by atoms with Gasteiger partial charge in [-0.25, -0.2) is 0 Å². The number of carbonyl (C=O) groups excluding carboxylic acids is 1. The van der Waals surface area contributed by atoms with E-state index < -0.39 is 5.41 Å². The summed E-state index contributed by atoms with van der Waals surface area (Å²) < 4.78 is 21.4. The van der Waals surface area contributed by atoms with Gasteiger partial charge in [0.15, 0.2) is 0 Å². The molecule has 0 saturated carbocycles. The van der Waals surface area contributed by atoms with Crippen molar-refractivity contribution >= 4 is 5.97 Å². The van der Waals surface area contributed by atoms with Gasteiger partial charge in [0.25, 0.3) is 0 Å². The van der Waals surface area contributed by atoms with Gasteiger partial charge in [0, 0.05) is 12.1 Å². The quantitative estimate of drug-likeness (QED) is 0.623. The summed E-state index contributed by atoms with van der Waals surface area (Å²) in [5.74, 6) is 2.16. The van der Waals surface area contributed by atoms with Crippen LogP contribution in [0.4, 0.5) is 0 Å². The molecule has 0 spiro atoms. The van der Waals surface area contributed by atoms with Gasteiger partial charge in [-0.3, -0.25) is 4.79 Å². The zero-order chi connectivity index (χ0) is 17.3. The highest BCUT2D eigenvalue weighted by molar-refractivity contribution is 5.92. The lowest BCUT2D eigenvalue weighted by atomic mass is 9.78. The molecule has 0 saturated heterocycles. The van der Waals surface area contributed by atoms with Crippen LogP contribution in [0.5, 0.6) is 23.0 Å². The zero-order valence-corrected chi connectivity index (χ0v) is 14.2. The van der Waals surface area contributed by atoms with Crippen LogP contribution in [-0.4, -0.2) is 27.3 Å². The van der Waals surface area contributed by atoms with Gasteiger partial charge in [-0.2, -0.15) is 0 Å². The summed E-state index contributed by atoms with van der Waals surface area (Å²) in [5.41, 5.74) is 0.953. The first-order chi connectivity index (χ1) is 11.5. The molecule has 0 amide bonds. The third-order valence-corrected chi connectivity index (χ3v) is 4.42. The molecular weight excluding hydrogens is 308 g/mol. The van der Waals surface area contributed by atoms with Crippen molar-refractivity contribution in [1.82, 2.24) is 0 Å². The van der Waals surface area contributed by atoms with Gasteiger partial charge < -0.3 is 18.9 Å². The number of fused-ring (bicyclic) bond motifs is 1. The number of ether oxygens (including phenoxy) is 4. The normalized spacial score (nSPS) is 18.8. The minimum Gasteiger partial charge on any atom is -0.497 e. The molecule has 2 aromatic rings. The molecule has 126 valence electrons. The number of hydrogen-bond acceptors (Lipinski definition) is 5. The first-order valence-corrected chi connectivity index (χ1v) is 7.63. The average Bonchev–Trinajstić information content (AvgIpc) is 2.85. The summed E-state index contributed by atoms with van der Waals surface area (Å²) in [4.78, 5) is 12.6. The van der Waals surface area contributed by atoms with Gasteiger partial charge in [-0.05, 0) is 31.0 Å². The Morgan fingerprint density at radius 3 is 2.21 bits per heavy atom. The summed E-state index contributed by atoms with van der Waals surface area (Å²) in [6.07, 6.45) is 0.505. The maximum atomic E-state index is 12.6. The Morgan fingerprint density at radius 1 is 0.958 bits per heavy atom. The van der Waals surface area contributed by atoms with Gasteiger partial charge in [0.05, 0.1) is 26.9 Å². The summed E-state index contributed by atoms with van der Waals surface area (Å²) >= 11 is 0. The lowest BCUT2D eigenvalue weighted by Crippen LogP contribution is -2.33. The molecule has 0 fully saturated rings. The fourth-order valence-electron chi connectivity index (χ4n) is 3.10. The molecule has 3 rings (SSSR count). The second-order valence-electron chi connectivity index (χ2n) is 5.95. The number of methoxy groups -OCH3 is 3. The lowest BCUT2D eigenvalue weighted by molar-refractivity contribution is -0.137. The van der Waals surface area contributed by atoms with Crippen LogP contribution in [0.3, 0.4) is 0 Å². The molecule has 0 bridgehead atoms. The van der Waals surface area contributed by atoms with Gasteiger partial charge >= 0.3 is 5.97 Å². The van der Waals surface area contributed by atoms with Crippen LogP contribution < -0.4 is 18.9 Å². The Kier molecular flexibility index (Phi) is 4.09. The number of carbonyl (C=O) groups is 1. The molecule has 2 aromatic carbocycles. The van der Waals surface area contributed by atoms with Crippen molar-refractivity contribution in [2.75, 3.05) is 21.3 Å². The third kappa shape index (κ3) is 2.56. The molecule has 1 aliphatic rings. The van der Waals surface area contributed by atoms with E-state index in [4.69, 9.17) is 18.9 Å². The van der Waals surface area contributed by atoms with E-state index in [1.165, 1.54) is 0 Å². The highest BCUT2D eigenvalue weighted by Gasteiger charge is 2.47. The van der Waals surface area contributed by atoms with E-state index in [-0.39, 0.29) is 5.97 Å².